The summed E-state index contributed by atoms with van der Waals surface area (Å²) in [4.78, 5) is 0. The highest BCUT2D eigenvalue weighted by Crippen LogP contribution is 2.67. The molecule has 0 fully saturated rings. The summed E-state index contributed by atoms with van der Waals surface area (Å²) in [6.07, 6.45) is 1.03. The highest BCUT2D eigenvalue weighted by molar-refractivity contribution is 7.74. The van der Waals surface area contributed by atoms with Crippen LogP contribution in [0.1, 0.15) is 59.3 Å². The van der Waals surface area contributed by atoms with E-state index in [2.05, 4.69) is 199 Å². The summed E-state index contributed by atoms with van der Waals surface area (Å²) in [6, 6.07) is 60.7. The maximum absolute atomic E-state index is 2.59. The van der Waals surface area contributed by atoms with Crippen LogP contribution in [0.4, 0.5) is 0 Å². The smallest absolute Gasteiger partial charge is 0.0267 e. The van der Waals surface area contributed by atoms with Crippen molar-refractivity contribution < 1.29 is 0 Å². The maximum atomic E-state index is 2.59. The van der Waals surface area contributed by atoms with E-state index >= 15 is 0 Å². The van der Waals surface area contributed by atoms with Gasteiger partial charge in [-0.2, -0.15) is 0 Å². The second-order valence-corrected chi connectivity index (χ2v) is 18.2. The molecule has 0 amide bonds. The molecule has 0 spiro atoms. The van der Waals surface area contributed by atoms with Crippen LogP contribution < -0.4 is 21.2 Å². The first kappa shape index (κ1) is 34.1. The van der Waals surface area contributed by atoms with Gasteiger partial charge in [-0.25, -0.2) is 0 Å². The molecular formula is C46H48P2. The van der Waals surface area contributed by atoms with Crippen molar-refractivity contribution in [3.8, 4) is 0 Å². The van der Waals surface area contributed by atoms with Gasteiger partial charge in [-0.15, -0.1) is 0 Å². The van der Waals surface area contributed by atoms with Crippen LogP contribution in [0.25, 0.3) is 0 Å². The van der Waals surface area contributed by atoms with Crippen molar-refractivity contribution in [3.05, 3.63) is 191 Å². The molecule has 0 saturated heterocycles. The van der Waals surface area contributed by atoms with Gasteiger partial charge in [-0.1, -0.05) is 194 Å². The van der Waals surface area contributed by atoms with E-state index in [4.69, 9.17) is 0 Å². The van der Waals surface area contributed by atoms with E-state index in [9.17, 15) is 0 Å². The quantitative estimate of drug-likeness (QED) is 0.121. The molecule has 242 valence electrons. The number of benzene rings is 6. The molecule has 6 aromatic carbocycles. The van der Waals surface area contributed by atoms with Gasteiger partial charge in [0.05, 0.1) is 0 Å². The Balaban J connectivity index is 1.68. The van der Waals surface area contributed by atoms with Crippen molar-refractivity contribution in [2.24, 2.45) is 5.92 Å². The van der Waals surface area contributed by atoms with Crippen LogP contribution in [0, 0.1) is 33.6 Å². The molecule has 3 atom stereocenters. The summed E-state index contributed by atoms with van der Waals surface area (Å²) in [5, 5.41) is 5.61. The van der Waals surface area contributed by atoms with Crippen molar-refractivity contribution in [3.63, 3.8) is 0 Å². The van der Waals surface area contributed by atoms with Crippen molar-refractivity contribution >= 4 is 37.1 Å². The van der Waals surface area contributed by atoms with E-state index in [1.54, 1.807) is 0 Å². The van der Waals surface area contributed by atoms with Gasteiger partial charge in [0.2, 0.25) is 0 Å². The van der Waals surface area contributed by atoms with E-state index in [0.717, 1.165) is 6.42 Å². The lowest BCUT2D eigenvalue weighted by Gasteiger charge is -2.50. The second-order valence-electron chi connectivity index (χ2n) is 13.3. The second kappa shape index (κ2) is 15.2. The van der Waals surface area contributed by atoms with Gasteiger partial charge in [-0.05, 0) is 88.2 Å². The summed E-state index contributed by atoms with van der Waals surface area (Å²) in [6.45, 7) is 13.8. The highest BCUT2D eigenvalue weighted by Gasteiger charge is 2.49. The molecule has 6 rings (SSSR count). The zero-order valence-electron chi connectivity index (χ0n) is 29.3. The summed E-state index contributed by atoms with van der Waals surface area (Å²) in [7, 11) is -1.60. The Hall–Kier alpha value is -3.82. The summed E-state index contributed by atoms with van der Waals surface area (Å²) < 4.78 is 0. The van der Waals surface area contributed by atoms with Gasteiger partial charge in [0.15, 0.2) is 0 Å². The topological polar surface area (TPSA) is 0 Å². The van der Waals surface area contributed by atoms with Crippen LogP contribution in [0.15, 0.2) is 158 Å². The van der Waals surface area contributed by atoms with E-state index in [0.29, 0.717) is 0 Å². The molecule has 0 saturated carbocycles. The van der Waals surface area contributed by atoms with Crippen LogP contribution in [-0.2, 0) is 5.16 Å². The maximum Gasteiger partial charge on any atom is 0.0267 e. The van der Waals surface area contributed by atoms with Gasteiger partial charge in [0, 0.05) is 10.8 Å². The van der Waals surface area contributed by atoms with Gasteiger partial charge in [0.1, 0.15) is 0 Å². The zero-order valence-corrected chi connectivity index (χ0v) is 31.1. The molecule has 0 nitrogen and oxygen atoms in total. The Kier molecular flexibility index (Phi) is 10.8. The van der Waals surface area contributed by atoms with E-state index < -0.39 is 15.8 Å². The zero-order chi connectivity index (χ0) is 33.7. The third kappa shape index (κ3) is 6.99. The van der Waals surface area contributed by atoms with Crippen molar-refractivity contribution in [1.82, 2.24) is 0 Å². The minimum absolute atomic E-state index is 0.155. The van der Waals surface area contributed by atoms with Crippen LogP contribution in [0.5, 0.6) is 0 Å². The molecule has 3 unspecified atom stereocenters. The van der Waals surface area contributed by atoms with Crippen LogP contribution >= 0.6 is 15.8 Å². The number of rotatable bonds is 11. The largest absolute Gasteiger partial charge is 0.0642 e. The molecular weight excluding hydrogens is 614 g/mol. The molecule has 0 aliphatic heterocycles. The van der Waals surface area contributed by atoms with Crippen LogP contribution in [-0.4, -0.2) is 0 Å². The first-order valence-electron chi connectivity index (χ1n) is 17.3. The first-order chi connectivity index (χ1) is 23.3. The Morgan fingerprint density at radius 3 is 1.19 bits per heavy atom. The van der Waals surface area contributed by atoms with Gasteiger partial charge in [0.25, 0.3) is 0 Å². The lowest BCUT2D eigenvalue weighted by Crippen LogP contribution is -2.41. The van der Waals surface area contributed by atoms with Gasteiger partial charge < -0.3 is 0 Å². The molecule has 2 heteroatoms. The fourth-order valence-electron chi connectivity index (χ4n) is 7.46. The average molecular weight is 663 g/mol. The number of hydrogen-bond donors (Lipinski definition) is 0. The van der Waals surface area contributed by atoms with E-state index in [1.165, 1.54) is 54.6 Å². The molecule has 0 radical (unpaired) electrons. The SMILES string of the molecule is CCC(c1ccccc1)(C(C)C(c1ccccc1)P(c1ccc(C)cc1)c1ccc(C)cc1)P(c1ccc(C)cc1)c1ccc(C)cc1. The third-order valence-electron chi connectivity index (χ3n) is 10.1. The van der Waals surface area contributed by atoms with Crippen molar-refractivity contribution in [2.75, 3.05) is 0 Å². The predicted octanol–water partition coefficient (Wildman–Crippen LogP) is 11.2. The minimum Gasteiger partial charge on any atom is -0.0642 e. The first-order valence-corrected chi connectivity index (χ1v) is 20.0. The molecule has 0 N–H and O–H groups in total. The monoisotopic (exact) mass is 662 g/mol. The molecule has 0 aromatic heterocycles. The average Bonchev–Trinajstić information content (AvgIpc) is 3.12. The lowest BCUT2D eigenvalue weighted by molar-refractivity contribution is 0.387. The normalized spacial score (nSPS) is 14.1. The van der Waals surface area contributed by atoms with Crippen LogP contribution in [0.2, 0.25) is 0 Å². The third-order valence-corrected chi connectivity index (χ3v) is 16.5. The Bertz CT molecular complexity index is 1790. The molecule has 0 heterocycles. The van der Waals surface area contributed by atoms with E-state index in [1.807, 2.05) is 0 Å². The molecule has 6 aromatic rings. The molecule has 48 heavy (non-hydrogen) atoms. The fourth-order valence-corrected chi connectivity index (χ4v) is 14.0. The Morgan fingerprint density at radius 2 is 0.812 bits per heavy atom. The standard InChI is InChI=1S/C46H48P2/c1-7-46(40-16-12-9-13-17-40,48(43-30-22-36(4)23-31-43)44-32-24-37(5)25-33-44)38(6)45(39-14-10-8-11-15-39)47(41-26-18-34(2)19-27-41)42-28-20-35(3)21-29-42/h8-33,38,45H,7H2,1-6H3. The predicted molar refractivity (Wildman–Crippen MR) is 214 cm³/mol. The van der Waals surface area contributed by atoms with Gasteiger partial charge in [-0.3, -0.25) is 0 Å². The summed E-state index contributed by atoms with van der Waals surface area (Å²) in [5.41, 5.74) is 8.35. The van der Waals surface area contributed by atoms with E-state index in [-0.39, 0.29) is 16.7 Å². The van der Waals surface area contributed by atoms with Crippen molar-refractivity contribution in [1.29, 1.82) is 0 Å². The fraction of sp³-hybridized carbons (Fsp3) is 0.217. The highest BCUT2D eigenvalue weighted by atomic mass is 31.1. The number of hydrogen-bond acceptors (Lipinski definition) is 0. The Labute approximate surface area is 291 Å². The Morgan fingerprint density at radius 1 is 0.458 bits per heavy atom. The summed E-state index contributed by atoms with van der Waals surface area (Å²) in [5.74, 6) is 0.287. The lowest BCUT2D eigenvalue weighted by atomic mass is 9.80. The van der Waals surface area contributed by atoms with Crippen LogP contribution in [0.3, 0.4) is 0 Å². The molecule has 0 aliphatic carbocycles. The molecule has 0 aliphatic rings. The molecule has 0 bridgehead atoms. The van der Waals surface area contributed by atoms with Gasteiger partial charge >= 0.3 is 0 Å². The minimum atomic E-state index is -0.824. The van der Waals surface area contributed by atoms with Crippen molar-refractivity contribution in [2.45, 2.75) is 58.8 Å². The summed E-state index contributed by atoms with van der Waals surface area (Å²) >= 11 is 0. The number of aryl methyl sites for hydroxylation is 4.